The van der Waals surface area contributed by atoms with Crippen molar-refractivity contribution in [3.05, 3.63) is 53.9 Å². The van der Waals surface area contributed by atoms with Crippen LogP contribution in [-0.4, -0.2) is 43.6 Å². The summed E-state index contributed by atoms with van der Waals surface area (Å²) in [6, 6.07) is 10.2. The zero-order valence-corrected chi connectivity index (χ0v) is 15.9. The molecule has 26 heavy (non-hydrogen) atoms. The van der Waals surface area contributed by atoms with Crippen LogP contribution < -0.4 is 14.6 Å². The van der Waals surface area contributed by atoms with Crippen LogP contribution in [0.15, 0.2) is 42.7 Å². The lowest BCUT2D eigenvalue weighted by atomic mass is 9.98. The van der Waals surface area contributed by atoms with Gasteiger partial charge in [-0.2, -0.15) is 0 Å². The second-order valence-electron chi connectivity index (χ2n) is 7.09. The minimum Gasteiger partial charge on any atom is -0.484 e. The summed E-state index contributed by atoms with van der Waals surface area (Å²) in [4.78, 5) is 19.7. The average Bonchev–Trinajstić information content (AvgIpc) is 2.66. The van der Waals surface area contributed by atoms with Crippen molar-refractivity contribution in [3.63, 3.8) is 0 Å². The molecular weight excluding hydrogens is 326 g/mol. The summed E-state index contributed by atoms with van der Waals surface area (Å²) < 4.78 is 5.74. The van der Waals surface area contributed by atoms with E-state index in [4.69, 9.17) is 4.74 Å². The molecule has 1 saturated heterocycles. The molecule has 1 N–H and O–H groups in total. The van der Waals surface area contributed by atoms with Crippen molar-refractivity contribution >= 4 is 11.6 Å². The Hall–Kier alpha value is -2.56. The van der Waals surface area contributed by atoms with Gasteiger partial charge in [0.25, 0.3) is 5.91 Å². The molecule has 1 aliphatic heterocycles. The quantitative estimate of drug-likeness (QED) is 0.829. The van der Waals surface area contributed by atoms with E-state index in [-0.39, 0.29) is 12.5 Å². The molecule has 1 aliphatic rings. The zero-order chi connectivity index (χ0) is 18.5. The van der Waals surface area contributed by atoms with E-state index in [1.54, 1.807) is 0 Å². The predicted octanol–water partition coefficient (Wildman–Crippen LogP) is 2.66. The van der Waals surface area contributed by atoms with Crippen molar-refractivity contribution < 1.29 is 14.5 Å². The van der Waals surface area contributed by atoms with Crippen molar-refractivity contribution in [1.29, 1.82) is 0 Å². The Kier molecular flexibility index (Phi) is 5.76. The van der Waals surface area contributed by atoms with Gasteiger partial charge in [-0.15, -0.1) is 0 Å². The first-order valence-electron chi connectivity index (χ1n) is 9.27. The van der Waals surface area contributed by atoms with Gasteiger partial charge in [-0.25, -0.2) is 4.98 Å². The number of aromatic nitrogens is 1. The van der Waals surface area contributed by atoms with Crippen molar-refractivity contribution in [2.24, 2.45) is 0 Å². The molecular formula is C21H28N3O2+. The molecule has 5 nitrogen and oxygen atoms in total. The van der Waals surface area contributed by atoms with Crippen molar-refractivity contribution in [3.8, 4) is 5.75 Å². The number of carbonyl (C=O) groups excluding carboxylic acids is 1. The van der Waals surface area contributed by atoms with Crippen LogP contribution in [0.4, 0.5) is 5.69 Å². The summed E-state index contributed by atoms with van der Waals surface area (Å²) in [6.45, 7) is 9.69. The molecule has 3 rings (SSSR count). The number of nitrogens with zero attached hydrogens (tertiary/aromatic N) is 2. The molecule has 138 valence electrons. The van der Waals surface area contributed by atoms with Gasteiger partial charge in [0.15, 0.2) is 19.0 Å². The SMILES string of the molecule is Cc1cc(OCC(=O)N2CCN(c3cc[nH+]cc3)CC2)ccc1C(C)C. The molecule has 1 amide bonds. The summed E-state index contributed by atoms with van der Waals surface area (Å²) in [7, 11) is 0. The molecule has 1 aromatic carbocycles. The van der Waals surface area contributed by atoms with Gasteiger partial charge in [0.2, 0.25) is 0 Å². The number of nitrogens with one attached hydrogen (secondary N) is 1. The van der Waals surface area contributed by atoms with Crippen LogP contribution in [0.5, 0.6) is 5.75 Å². The summed E-state index contributed by atoms with van der Waals surface area (Å²) in [5.41, 5.74) is 3.71. The van der Waals surface area contributed by atoms with Crippen molar-refractivity contribution in [1.82, 2.24) is 4.90 Å². The highest BCUT2D eigenvalue weighted by Gasteiger charge is 2.21. The topological polar surface area (TPSA) is 46.9 Å². The van der Waals surface area contributed by atoms with E-state index in [0.29, 0.717) is 5.92 Å². The summed E-state index contributed by atoms with van der Waals surface area (Å²) >= 11 is 0. The number of hydrogen-bond acceptors (Lipinski definition) is 3. The third-order valence-corrected chi connectivity index (χ3v) is 4.92. The average molecular weight is 354 g/mol. The minimum absolute atomic E-state index is 0.0524. The van der Waals surface area contributed by atoms with Gasteiger partial charge in [-0.3, -0.25) is 4.79 Å². The smallest absolute Gasteiger partial charge is 0.260 e. The number of anilines is 1. The maximum absolute atomic E-state index is 12.5. The molecule has 0 bridgehead atoms. The van der Waals surface area contributed by atoms with Crippen LogP contribution in [0, 0.1) is 6.92 Å². The van der Waals surface area contributed by atoms with Crippen LogP contribution in [-0.2, 0) is 4.79 Å². The van der Waals surface area contributed by atoms with Gasteiger partial charge >= 0.3 is 0 Å². The van der Waals surface area contributed by atoms with Gasteiger partial charge in [0.05, 0.1) is 0 Å². The predicted molar refractivity (Wildman–Crippen MR) is 103 cm³/mol. The Bertz CT molecular complexity index is 738. The Morgan fingerprint density at radius 2 is 1.81 bits per heavy atom. The molecule has 2 heterocycles. The first-order valence-corrected chi connectivity index (χ1v) is 9.27. The van der Waals surface area contributed by atoms with Gasteiger partial charge in [-0.1, -0.05) is 19.9 Å². The molecule has 2 aromatic rings. The standard InChI is InChI=1S/C21H27N3O2/c1-16(2)20-5-4-19(14-17(20)3)26-15-21(25)24-12-10-23(11-13-24)18-6-8-22-9-7-18/h4-9,14,16H,10-13,15H2,1-3H3/p+1. The number of piperazine rings is 1. The Morgan fingerprint density at radius 1 is 1.12 bits per heavy atom. The minimum atomic E-state index is 0.0524. The Labute approximate surface area is 155 Å². The number of benzene rings is 1. The van der Waals surface area contributed by atoms with Crippen molar-refractivity contribution in [2.45, 2.75) is 26.7 Å². The second-order valence-corrected chi connectivity index (χ2v) is 7.09. The number of amides is 1. The van der Waals surface area contributed by atoms with E-state index in [1.807, 2.05) is 29.4 Å². The van der Waals surface area contributed by atoms with Gasteiger partial charge in [0.1, 0.15) is 5.75 Å². The van der Waals surface area contributed by atoms with E-state index in [1.165, 1.54) is 16.8 Å². The normalized spacial score (nSPS) is 14.6. The van der Waals surface area contributed by atoms with E-state index >= 15 is 0 Å². The summed E-state index contributed by atoms with van der Waals surface area (Å²) in [6.07, 6.45) is 3.85. The number of carbonyl (C=O) groups is 1. The highest BCUT2D eigenvalue weighted by molar-refractivity contribution is 5.78. The summed E-state index contributed by atoms with van der Waals surface area (Å²) in [5.74, 6) is 1.31. The molecule has 5 heteroatoms. The Balaban J connectivity index is 1.50. The molecule has 0 aliphatic carbocycles. The highest BCUT2D eigenvalue weighted by Crippen LogP contribution is 2.23. The maximum atomic E-state index is 12.5. The maximum Gasteiger partial charge on any atom is 0.260 e. The second kappa shape index (κ2) is 8.21. The number of pyridine rings is 1. The molecule has 0 atom stereocenters. The van der Waals surface area contributed by atoms with Crippen LogP contribution in [0.25, 0.3) is 0 Å². The lowest BCUT2D eigenvalue weighted by molar-refractivity contribution is -0.377. The fourth-order valence-electron chi connectivity index (χ4n) is 3.43. The number of aryl methyl sites for hydroxylation is 1. The zero-order valence-electron chi connectivity index (χ0n) is 15.9. The van der Waals surface area contributed by atoms with Crippen LogP contribution in [0.2, 0.25) is 0 Å². The molecule has 1 aromatic heterocycles. The number of aromatic amines is 1. The van der Waals surface area contributed by atoms with E-state index in [0.717, 1.165) is 31.9 Å². The third-order valence-electron chi connectivity index (χ3n) is 4.92. The van der Waals surface area contributed by atoms with Gasteiger partial charge < -0.3 is 14.5 Å². The van der Waals surface area contributed by atoms with Crippen LogP contribution in [0.1, 0.15) is 30.9 Å². The van der Waals surface area contributed by atoms with Gasteiger partial charge in [-0.05, 0) is 36.1 Å². The first kappa shape index (κ1) is 18.2. The highest BCUT2D eigenvalue weighted by atomic mass is 16.5. The monoisotopic (exact) mass is 354 g/mol. The summed E-state index contributed by atoms with van der Waals surface area (Å²) in [5, 5.41) is 0. The third kappa shape index (κ3) is 4.34. The van der Waals surface area contributed by atoms with Crippen molar-refractivity contribution in [2.75, 3.05) is 37.7 Å². The molecule has 0 unspecified atom stereocenters. The molecule has 0 radical (unpaired) electrons. The largest absolute Gasteiger partial charge is 0.484 e. The van der Waals surface area contributed by atoms with E-state index < -0.39 is 0 Å². The fourth-order valence-corrected chi connectivity index (χ4v) is 3.43. The number of ether oxygens (including phenoxy) is 1. The molecule has 1 fully saturated rings. The molecule has 0 saturated carbocycles. The number of hydrogen-bond donors (Lipinski definition) is 0. The van der Waals surface area contributed by atoms with Gasteiger partial charge in [0, 0.05) is 44.0 Å². The van der Waals surface area contributed by atoms with E-state index in [2.05, 4.69) is 48.9 Å². The van der Waals surface area contributed by atoms with E-state index in [9.17, 15) is 4.79 Å². The first-order chi connectivity index (χ1) is 12.5. The lowest BCUT2D eigenvalue weighted by Crippen LogP contribution is -2.50. The Morgan fingerprint density at radius 3 is 2.42 bits per heavy atom. The van der Waals surface area contributed by atoms with Crippen LogP contribution >= 0.6 is 0 Å². The number of rotatable bonds is 5. The van der Waals surface area contributed by atoms with Crippen LogP contribution in [0.3, 0.4) is 0 Å². The molecule has 0 spiro atoms. The number of H-pyrrole nitrogens is 1. The lowest BCUT2D eigenvalue weighted by Gasteiger charge is -2.35. The fraction of sp³-hybridized carbons (Fsp3) is 0.429.